The molecule has 0 radical (unpaired) electrons. The summed E-state index contributed by atoms with van der Waals surface area (Å²) in [5.41, 5.74) is 4.81. The molecule has 3 rings (SSSR count). The molecule has 162 valence electrons. The van der Waals surface area contributed by atoms with Gasteiger partial charge in [-0.1, -0.05) is 12.1 Å². The third-order valence-corrected chi connectivity index (χ3v) is 5.18. The van der Waals surface area contributed by atoms with Crippen LogP contribution in [0.15, 0.2) is 41.5 Å². The van der Waals surface area contributed by atoms with Crippen LogP contribution in [0.1, 0.15) is 52.6 Å². The number of amides is 2. The highest BCUT2D eigenvalue weighted by atomic mass is 16.5. The van der Waals surface area contributed by atoms with E-state index in [-0.39, 0.29) is 5.91 Å². The van der Waals surface area contributed by atoms with Crippen molar-refractivity contribution in [2.24, 2.45) is 5.10 Å². The Labute approximate surface area is 182 Å². The lowest BCUT2D eigenvalue weighted by atomic mass is 9.69. The summed E-state index contributed by atoms with van der Waals surface area (Å²) >= 11 is 0. The highest BCUT2D eigenvalue weighted by Crippen LogP contribution is 2.22. The van der Waals surface area contributed by atoms with Gasteiger partial charge in [-0.3, -0.25) is 15.0 Å². The van der Waals surface area contributed by atoms with E-state index in [9.17, 15) is 14.6 Å². The van der Waals surface area contributed by atoms with Crippen molar-refractivity contribution in [2.75, 3.05) is 14.2 Å². The molecule has 0 spiro atoms. The number of methoxy groups -OCH3 is 1. The number of nitrogens with one attached hydrogen (secondary N) is 1. The summed E-state index contributed by atoms with van der Waals surface area (Å²) in [4.78, 5) is 27.8. The molecule has 1 heterocycles. The van der Waals surface area contributed by atoms with Gasteiger partial charge in [0.25, 0.3) is 11.8 Å². The van der Waals surface area contributed by atoms with Gasteiger partial charge in [0, 0.05) is 23.7 Å². The normalized spacial score (nSPS) is 13.0. The van der Waals surface area contributed by atoms with E-state index in [1.54, 1.807) is 63.7 Å². The Hall–Kier alpha value is -3.33. The largest absolute Gasteiger partial charge is 0.496 e. The van der Waals surface area contributed by atoms with Crippen LogP contribution in [0.2, 0.25) is 0 Å². The topological polar surface area (TPSA) is 94.5 Å². The van der Waals surface area contributed by atoms with E-state index in [2.05, 4.69) is 10.5 Å². The van der Waals surface area contributed by atoms with Gasteiger partial charge in [-0.05, 0) is 63.0 Å². The number of benzene rings is 2. The van der Waals surface area contributed by atoms with E-state index < -0.39 is 18.5 Å². The number of rotatable bonds is 3. The number of nitrogens with zero attached hydrogens (tertiary/aromatic N) is 3. The summed E-state index contributed by atoms with van der Waals surface area (Å²) in [6.07, 6.45) is 1.63. The number of hydrazine groups is 1. The maximum Gasteiger partial charge on any atom is 0.466 e. The molecule has 2 aromatic rings. The quantitative estimate of drug-likeness (QED) is 0.579. The van der Waals surface area contributed by atoms with Crippen LogP contribution >= 0.6 is 0 Å². The predicted molar refractivity (Wildman–Crippen MR) is 121 cm³/mol. The Morgan fingerprint density at radius 1 is 1.23 bits per heavy atom. The molecule has 2 amide bonds. The number of hydrogen-bond acceptors (Lipinski definition) is 6. The SMILES string of the molecule is COc1cccc(C(=O)NN(C(=O)c2ccc3c(c2)B(O)N(C)N=C3)C(C)(C)C)c1C. The van der Waals surface area contributed by atoms with Crippen LogP contribution in [-0.2, 0) is 0 Å². The third kappa shape index (κ3) is 4.41. The van der Waals surface area contributed by atoms with Crippen molar-refractivity contribution < 1.29 is 19.3 Å². The minimum absolute atomic E-state index is 0.346. The van der Waals surface area contributed by atoms with Crippen LogP contribution in [0.3, 0.4) is 0 Å². The number of fused-ring (bicyclic) bond motifs is 1. The fraction of sp³-hybridized carbons (Fsp3) is 0.318. The molecule has 0 aliphatic carbocycles. The van der Waals surface area contributed by atoms with Gasteiger partial charge in [0.05, 0.1) is 18.9 Å². The van der Waals surface area contributed by atoms with Crippen molar-refractivity contribution in [1.82, 2.24) is 15.4 Å². The maximum atomic E-state index is 13.4. The van der Waals surface area contributed by atoms with Crippen molar-refractivity contribution in [3.8, 4) is 5.75 Å². The fourth-order valence-electron chi connectivity index (χ4n) is 3.36. The zero-order valence-corrected chi connectivity index (χ0v) is 18.6. The molecule has 2 N–H and O–H groups in total. The molecule has 0 unspecified atom stereocenters. The average Bonchev–Trinajstić information content (AvgIpc) is 2.73. The van der Waals surface area contributed by atoms with Crippen LogP contribution in [0.4, 0.5) is 0 Å². The van der Waals surface area contributed by atoms with Crippen LogP contribution in [-0.4, -0.2) is 59.7 Å². The van der Waals surface area contributed by atoms with Gasteiger partial charge in [0.15, 0.2) is 0 Å². The van der Waals surface area contributed by atoms with E-state index >= 15 is 0 Å². The van der Waals surface area contributed by atoms with Gasteiger partial charge in [0.2, 0.25) is 0 Å². The lowest BCUT2D eigenvalue weighted by Crippen LogP contribution is -2.56. The second kappa shape index (κ2) is 8.43. The van der Waals surface area contributed by atoms with Crippen molar-refractivity contribution in [2.45, 2.75) is 33.2 Å². The Morgan fingerprint density at radius 2 is 1.94 bits per heavy atom. The van der Waals surface area contributed by atoms with Crippen LogP contribution in [0.5, 0.6) is 5.75 Å². The Balaban J connectivity index is 1.93. The van der Waals surface area contributed by atoms with Crippen molar-refractivity contribution >= 4 is 30.5 Å². The summed E-state index contributed by atoms with van der Waals surface area (Å²) in [5, 5.41) is 15.8. The fourth-order valence-corrected chi connectivity index (χ4v) is 3.36. The molecule has 0 atom stereocenters. The molecule has 0 fully saturated rings. The number of carbonyl (C=O) groups excluding carboxylic acids is 2. The number of ether oxygens (including phenoxy) is 1. The molecule has 0 bridgehead atoms. The molecule has 0 saturated heterocycles. The molecule has 1 aliphatic heterocycles. The Morgan fingerprint density at radius 3 is 2.58 bits per heavy atom. The van der Waals surface area contributed by atoms with Crippen LogP contribution < -0.4 is 15.6 Å². The molecule has 8 nitrogen and oxygen atoms in total. The monoisotopic (exact) mass is 422 g/mol. The van der Waals surface area contributed by atoms with Gasteiger partial charge >= 0.3 is 7.05 Å². The van der Waals surface area contributed by atoms with Gasteiger partial charge < -0.3 is 14.7 Å². The van der Waals surface area contributed by atoms with Gasteiger partial charge in [-0.25, -0.2) is 5.01 Å². The van der Waals surface area contributed by atoms with E-state index in [4.69, 9.17) is 4.74 Å². The van der Waals surface area contributed by atoms with Crippen LogP contribution in [0.25, 0.3) is 0 Å². The highest BCUT2D eigenvalue weighted by molar-refractivity contribution is 6.65. The number of carbonyl (C=O) groups is 2. The average molecular weight is 422 g/mol. The summed E-state index contributed by atoms with van der Waals surface area (Å²) in [6, 6.07) is 10.2. The third-order valence-electron chi connectivity index (χ3n) is 5.18. The first kappa shape index (κ1) is 22.4. The van der Waals surface area contributed by atoms with E-state index in [0.29, 0.717) is 27.9 Å². The molecule has 9 heteroatoms. The number of hydrazone groups is 1. The molecular formula is C22H27BN4O4. The molecule has 0 aromatic heterocycles. The molecule has 2 aromatic carbocycles. The lowest BCUT2D eigenvalue weighted by Gasteiger charge is -2.36. The molecular weight excluding hydrogens is 395 g/mol. The zero-order valence-electron chi connectivity index (χ0n) is 18.6. The van der Waals surface area contributed by atoms with E-state index in [1.165, 1.54) is 9.93 Å². The zero-order chi connectivity index (χ0) is 22.9. The Bertz CT molecular complexity index is 1050. The van der Waals surface area contributed by atoms with E-state index in [0.717, 1.165) is 5.56 Å². The Kier molecular flexibility index (Phi) is 6.08. The molecule has 0 saturated carbocycles. The first-order valence-electron chi connectivity index (χ1n) is 9.92. The lowest BCUT2D eigenvalue weighted by molar-refractivity contribution is 0.0358. The second-order valence-corrected chi connectivity index (χ2v) is 8.42. The minimum Gasteiger partial charge on any atom is -0.496 e. The van der Waals surface area contributed by atoms with Crippen molar-refractivity contribution in [3.05, 3.63) is 58.7 Å². The second-order valence-electron chi connectivity index (χ2n) is 8.42. The van der Waals surface area contributed by atoms with Crippen LogP contribution in [0, 0.1) is 6.92 Å². The first-order chi connectivity index (χ1) is 14.5. The van der Waals surface area contributed by atoms with Crippen molar-refractivity contribution in [3.63, 3.8) is 0 Å². The number of hydrogen-bond donors (Lipinski definition) is 2. The smallest absolute Gasteiger partial charge is 0.466 e. The van der Waals surface area contributed by atoms with E-state index in [1.807, 2.05) is 20.8 Å². The summed E-state index contributed by atoms with van der Waals surface area (Å²) in [7, 11) is 2.24. The predicted octanol–water partition coefficient (Wildman–Crippen LogP) is 1.56. The van der Waals surface area contributed by atoms with Gasteiger partial charge in [-0.15, -0.1) is 0 Å². The maximum absolute atomic E-state index is 13.4. The first-order valence-corrected chi connectivity index (χ1v) is 9.92. The standard InChI is InChI=1S/C22H27BN4O4/c1-14-17(8-7-9-19(14)31-6)20(28)25-27(22(2,3)4)21(29)15-10-11-16-13-24-26(5)23(30)18(16)12-15/h7-13,30H,1-6H3,(H,25,28). The highest BCUT2D eigenvalue weighted by Gasteiger charge is 2.32. The summed E-state index contributed by atoms with van der Waals surface area (Å²) < 4.78 is 5.30. The van der Waals surface area contributed by atoms with Gasteiger partial charge in [-0.2, -0.15) is 5.10 Å². The summed E-state index contributed by atoms with van der Waals surface area (Å²) in [5.74, 6) is -0.207. The molecule has 31 heavy (non-hydrogen) atoms. The minimum atomic E-state index is -0.954. The van der Waals surface area contributed by atoms with Gasteiger partial charge in [0.1, 0.15) is 5.75 Å². The van der Waals surface area contributed by atoms with Crippen molar-refractivity contribution in [1.29, 1.82) is 0 Å². The summed E-state index contributed by atoms with van der Waals surface area (Å²) in [6.45, 7) is 7.28. The molecule has 1 aliphatic rings.